The van der Waals surface area contributed by atoms with Crippen LogP contribution in [0, 0.1) is 0 Å². The predicted molar refractivity (Wildman–Crippen MR) is 139 cm³/mol. The first-order valence-corrected chi connectivity index (χ1v) is 12.4. The quantitative estimate of drug-likeness (QED) is 0.399. The van der Waals surface area contributed by atoms with Crippen molar-refractivity contribution in [1.29, 1.82) is 0 Å². The van der Waals surface area contributed by atoms with Gasteiger partial charge in [0.05, 0.1) is 12.2 Å². The van der Waals surface area contributed by atoms with Gasteiger partial charge in [-0.15, -0.1) is 11.3 Å². The zero-order valence-electron chi connectivity index (χ0n) is 19.2. The van der Waals surface area contributed by atoms with E-state index in [4.69, 9.17) is 0 Å². The molecule has 35 heavy (non-hydrogen) atoms. The van der Waals surface area contributed by atoms with E-state index in [0.717, 1.165) is 42.9 Å². The van der Waals surface area contributed by atoms with Crippen LogP contribution in [-0.2, 0) is 24.3 Å². The van der Waals surface area contributed by atoms with Crippen molar-refractivity contribution in [3.05, 3.63) is 107 Å². The smallest absolute Gasteiger partial charge is 0.251 e. The zero-order chi connectivity index (χ0) is 24.0. The molecule has 3 aromatic carbocycles. The number of amides is 2. The molecule has 1 aliphatic rings. The third-order valence-corrected chi connectivity index (χ3v) is 6.97. The van der Waals surface area contributed by atoms with Gasteiger partial charge in [-0.1, -0.05) is 72.8 Å². The molecule has 0 atom stereocenters. The summed E-state index contributed by atoms with van der Waals surface area (Å²) < 4.78 is 0. The monoisotopic (exact) mass is 482 g/mol. The van der Waals surface area contributed by atoms with Gasteiger partial charge in [0.25, 0.3) is 5.91 Å². The van der Waals surface area contributed by atoms with E-state index >= 15 is 0 Å². The van der Waals surface area contributed by atoms with Crippen molar-refractivity contribution in [1.82, 2.24) is 15.2 Å². The number of hydrogen-bond acceptors (Lipinski definition) is 5. The highest BCUT2D eigenvalue weighted by molar-refractivity contribution is 7.15. The van der Waals surface area contributed by atoms with Crippen LogP contribution in [0.15, 0.2) is 84.9 Å². The van der Waals surface area contributed by atoms with Crippen molar-refractivity contribution in [3.63, 3.8) is 0 Å². The molecule has 0 saturated carbocycles. The SMILES string of the molecule is O=C(CNC(=O)c1ccc(-c2ccccc2)cc1)Nc1nc2c(s1)CN(Cc1ccccc1)CC2. The van der Waals surface area contributed by atoms with E-state index < -0.39 is 0 Å². The fraction of sp³-hybridized carbons (Fsp3) is 0.179. The maximum atomic E-state index is 12.5. The largest absolute Gasteiger partial charge is 0.343 e. The highest BCUT2D eigenvalue weighted by Crippen LogP contribution is 2.29. The molecule has 0 fully saturated rings. The molecule has 2 amide bonds. The molecule has 0 bridgehead atoms. The number of carbonyl (C=O) groups excluding carboxylic acids is 2. The second-order valence-electron chi connectivity index (χ2n) is 8.51. The number of carbonyl (C=O) groups is 2. The first kappa shape index (κ1) is 23.0. The summed E-state index contributed by atoms with van der Waals surface area (Å²) in [5.74, 6) is -0.568. The molecule has 5 rings (SSSR count). The molecule has 176 valence electrons. The maximum absolute atomic E-state index is 12.5. The van der Waals surface area contributed by atoms with E-state index in [0.29, 0.717) is 10.7 Å². The Labute approximate surface area is 208 Å². The third-order valence-electron chi connectivity index (χ3n) is 5.97. The first-order valence-electron chi connectivity index (χ1n) is 11.6. The molecular weight excluding hydrogens is 456 g/mol. The predicted octanol–water partition coefficient (Wildman–Crippen LogP) is 4.74. The number of thiazole rings is 1. The molecule has 1 aromatic heterocycles. The Balaban J connectivity index is 1.12. The Bertz CT molecular complexity index is 1300. The Morgan fingerprint density at radius 2 is 1.57 bits per heavy atom. The molecule has 2 N–H and O–H groups in total. The van der Waals surface area contributed by atoms with Gasteiger partial charge in [0.1, 0.15) is 0 Å². The minimum absolute atomic E-state index is 0.107. The third kappa shape index (κ3) is 5.82. The second-order valence-corrected chi connectivity index (χ2v) is 9.59. The van der Waals surface area contributed by atoms with Crippen molar-refractivity contribution >= 4 is 28.3 Å². The van der Waals surface area contributed by atoms with E-state index in [-0.39, 0.29) is 18.4 Å². The van der Waals surface area contributed by atoms with Crippen LogP contribution >= 0.6 is 11.3 Å². The van der Waals surface area contributed by atoms with Crippen molar-refractivity contribution in [2.45, 2.75) is 19.5 Å². The van der Waals surface area contributed by atoms with Gasteiger partial charge < -0.3 is 10.6 Å². The number of hydrogen-bond donors (Lipinski definition) is 2. The summed E-state index contributed by atoms with van der Waals surface area (Å²) in [6.07, 6.45) is 0.865. The Hall–Kier alpha value is -3.81. The van der Waals surface area contributed by atoms with Crippen LogP contribution in [0.2, 0.25) is 0 Å². The summed E-state index contributed by atoms with van der Waals surface area (Å²) in [6.45, 7) is 2.56. The van der Waals surface area contributed by atoms with Crippen LogP contribution in [0.25, 0.3) is 11.1 Å². The molecule has 4 aromatic rings. The van der Waals surface area contributed by atoms with E-state index in [2.05, 4.69) is 44.8 Å². The fourth-order valence-electron chi connectivity index (χ4n) is 4.15. The number of fused-ring (bicyclic) bond motifs is 1. The molecule has 0 radical (unpaired) electrons. The van der Waals surface area contributed by atoms with Crippen LogP contribution in [-0.4, -0.2) is 34.8 Å². The highest BCUT2D eigenvalue weighted by Gasteiger charge is 2.21. The lowest BCUT2D eigenvalue weighted by Gasteiger charge is -2.25. The van der Waals surface area contributed by atoms with Crippen LogP contribution < -0.4 is 10.6 Å². The standard InChI is InChI=1S/C28H26N4O2S/c33-26(17-29-27(34)23-13-11-22(12-14-23)21-9-5-2-6-10-21)31-28-30-24-15-16-32(19-25(24)35-28)18-20-7-3-1-4-8-20/h1-14H,15-19H2,(H,29,34)(H,30,31,33). The summed E-state index contributed by atoms with van der Waals surface area (Å²) in [6, 6.07) is 27.8. The van der Waals surface area contributed by atoms with Gasteiger partial charge in [0.2, 0.25) is 5.91 Å². The molecule has 6 nitrogen and oxygen atoms in total. The van der Waals surface area contributed by atoms with Gasteiger partial charge in [0, 0.05) is 36.5 Å². The lowest BCUT2D eigenvalue weighted by atomic mass is 10.0. The minimum atomic E-state index is -0.286. The highest BCUT2D eigenvalue weighted by atomic mass is 32.1. The number of anilines is 1. The Morgan fingerprint density at radius 3 is 2.31 bits per heavy atom. The number of nitrogens with zero attached hydrogens (tertiary/aromatic N) is 2. The molecule has 0 unspecified atom stereocenters. The molecular formula is C28H26N4O2S. The van der Waals surface area contributed by atoms with Gasteiger partial charge >= 0.3 is 0 Å². The fourth-order valence-corrected chi connectivity index (χ4v) is 5.22. The maximum Gasteiger partial charge on any atom is 0.251 e. The lowest BCUT2D eigenvalue weighted by Crippen LogP contribution is -2.32. The van der Waals surface area contributed by atoms with Crippen molar-refractivity contribution in [2.75, 3.05) is 18.4 Å². The first-order chi connectivity index (χ1) is 17.1. The van der Waals surface area contributed by atoms with Crippen molar-refractivity contribution in [2.24, 2.45) is 0 Å². The van der Waals surface area contributed by atoms with E-state index in [9.17, 15) is 9.59 Å². The summed E-state index contributed by atoms with van der Waals surface area (Å²) in [5.41, 5.74) is 4.99. The topological polar surface area (TPSA) is 74.3 Å². The van der Waals surface area contributed by atoms with E-state index in [1.54, 1.807) is 12.1 Å². The van der Waals surface area contributed by atoms with Gasteiger partial charge in [0.15, 0.2) is 5.13 Å². The lowest BCUT2D eigenvalue weighted by molar-refractivity contribution is -0.115. The Morgan fingerprint density at radius 1 is 0.886 bits per heavy atom. The van der Waals surface area contributed by atoms with E-state index in [1.807, 2.05) is 48.5 Å². The molecule has 1 aliphatic heterocycles. The summed E-state index contributed by atoms with van der Waals surface area (Å²) in [4.78, 5) is 33.1. The van der Waals surface area contributed by atoms with Crippen LogP contribution in [0.1, 0.15) is 26.5 Å². The summed E-state index contributed by atoms with van der Waals surface area (Å²) in [5, 5.41) is 6.11. The van der Waals surface area contributed by atoms with Crippen LogP contribution in [0.3, 0.4) is 0 Å². The number of nitrogens with one attached hydrogen (secondary N) is 2. The van der Waals surface area contributed by atoms with Crippen LogP contribution in [0.4, 0.5) is 5.13 Å². The molecule has 0 saturated heterocycles. The van der Waals surface area contributed by atoms with Gasteiger partial charge in [-0.2, -0.15) is 0 Å². The van der Waals surface area contributed by atoms with Crippen LogP contribution in [0.5, 0.6) is 0 Å². The van der Waals surface area contributed by atoms with Gasteiger partial charge in [-0.05, 0) is 28.8 Å². The van der Waals surface area contributed by atoms with Crippen molar-refractivity contribution < 1.29 is 9.59 Å². The van der Waals surface area contributed by atoms with Gasteiger partial charge in [-0.25, -0.2) is 4.98 Å². The average Bonchev–Trinajstić information content (AvgIpc) is 3.30. The van der Waals surface area contributed by atoms with Gasteiger partial charge in [-0.3, -0.25) is 14.5 Å². The van der Waals surface area contributed by atoms with Crippen molar-refractivity contribution in [3.8, 4) is 11.1 Å². The van der Waals surface area contributed by atoms with E-state index in [1.165, 1.54) is 21.8 Å². The number of benzene rings is 3. The normalized spacial score (nSPS) is 13.1. The minimum Gasteiger partial charge on any atom is -0.343 e. The molecule has 2 heterocycles. The summed E-state index contributed by atoms with van der Waals surface area (Å²) in [7, 11) is 0. The molecule has 0 spiro atoms. The zero-order valence-corrected chi connectivity index (χ0v) is 20.1. The number of aromatic nitrogens is 1. The molecule has 0 aliphatic carbocycles. The molecule has 7 heteroatoms. The second kappa shape index (κ2) is 10.6. The Kier molecular flexibility index (Phi) is 6.97. The number of rotatable bonds is 7. The summed E-state index contributed by atoms with van der Waals surface area (Å²) >= 11 is 1.51. The average molecular weight is 483 g/mol.